The number of carbonyl (C=O) groups excluding carboxylic acids is 1. The van der Waals surface area contributed by atoms with E-state index in [4.69, 9.17) is 16.3 Å². The standard InChI is InChI=1S/C17H18ClNO2/c18-15-5-6-16-14(11-15)10-13(12-21-16)4-7-17(20)19-8-2-1-3-9-19/h4-7,10-11H,1-3,8-9,12H2/b7-4+. The zero-order chi connectivity index (χ0) is 14.7. The Morgan fingerprint density at radius 1 is 1.24 bits per heavy atom. The normalized spacial score (nSPS) is 18.1. The van der Waals surface area contributed by atoms with Crippen LogP contribution < -0.4 is 4.74 Å². The average molecular weight is 304 g/mol. The molecule has 4 heteroatoms. The minimum atomic E-state index is 0.0903. The summed E-state index contributed by atoms with van der Waals surface area (Å²) in [5.41, 5.74) is 1.94. The van der Waals surface area contributed by atoms with Gasteiger partial charge in [-0.3, -0.25) is 4.79 Å². The number of likely N-dealkylation sites (tertiary alicyclic amines) is 1. The van der Waals surface area contributed by atoms with Gasteiger partial charge < -0.3 is 9.64 Å². The van der Waals surface area contributed by atoms with Gasteiger partial charge in [-0.25, -0.2) is 0 Å². The number of ether oxygens (including phenoxy) is 1. The second-order valence-corrected chi connectivity index (χ2v) is 5.85. The Hall–Kier alpha value is -1.74. The van der Waals surface area contributed by atoms with Gasteiger partial charge in [0.25, 0.3) is 0 Å². The number of halogens is 1. The minimum Gasteiger partial charge on any atom is -0.488 e. The van der Waals surface area contributed by atoms with Crippen molar-refractivity contribution in [3.63, 3.8) is 0 Å². The molecule has 0 N–H and O–H groups in total. The van der Waals surface area contributed by atoms with E-state index in [-0.39, 0.29) is 5.91 Å². The maximum Gasteiger partial charge on any atom is 0.246 e. The number of benzene rings is 1. The smallest absolute Gasteiger partial charge is 0.246 e. The molecule has 1 aromatic carbocycles. The van der Waals surface area contributed by atoms with Gasteiger partial charge in [0, 0.05) is 29.8 Å². The molecular formula is C17H18ClNO2. The van der Waals surface area contributed by atoms with Crippen molar-refractivity contribution in [2.45, 2.75) is 19.3 Å². The van der Waals surface area contributed by atoms with Crippen LogP contribution in [0.15, 0.2) is 35.9 Å². The number of fused-ring (bicyclic) bond motifs is 1. The van der Waals surface area contributed by atoms with Gasteiger partial charge in [-0.05, 0) is 49.1 Å². The number of amides is 1. The number of hydrogen-bond donors (Lipinski definition) is 0. The van der Waals surface area contributed by atoms with Gasteiger partial charge in [0.2, 0.25) is 5.91 Å². The summed E-state index contributed by atoms with van der Waals surface area (Å²) in [6.07, 6.45) is 8.96. The summed E-state index contributed by atoms with van der Waals surface area (Å²) >= 11 is 5.99. The highest BCUT2D eigenvalue weighted by atomic mass is 35.5. The molecule has 0 radical (unpaired) electrons. The lowest BCUT2D eigenvalue weighted by Gasteiger charge is -2.25. The van der Waals surface area contributed by atoms with Crippen molar-refractivity contribution in [2.24, 2.45) is 0 Å². The first-order chi connectivity index (χ1) is 10.2. The molecule has 0 aromatic heterocycles. The van der Waals surface area contributed by atoms with Crippen LogP contribution in [-0.4, -0.2) is 30.5 Å². The molecule has 2 heterocycles. The SMILES string of the molecule is O=C(/C=C/C1=Cc2cc(Cl)ccc2OC1)N1CCCCC1. The molecule has 3 rings (SSSR count). The summed E-state index contributed by atoms with van der Waals surface area (Å²) in [5, 5.41) is 0.684. The molecule has 0 saturated carbocycles. The summed E-state index contributed by atoms with van der Waals surface area (Å²) < 4.78 is 5.67. The fourth-order valence-corrected chi connectivity index (χ4v) is 2.84. The van der Waals surface area contributed by atoms with Crippen LogP contribution in [0.25, 0.3) is 6.08 Å². The summed E-state index contributed by atoms with van der Waals surface area (Å²) in [6, 6.07) is 5.55. The van der Waals surface area contributed by atoms with E-state index in [9.17, 15) is 4.79 Å². The third-order valence-electron chi connectivity index (χ3n) is 3.81. The highest BCUT2D eigenvalue weighted by molar-refractivity contribution is 6.30. The van der Waals surface area contributed by atoms with Crippen molar-refractivity contribution in [1.82, 2.24) is 4.90 Å². The predicted molar refractivity (Wildman–Crippen MR) is 84.5 cm³/mol. The van der Waals surface area contributed by atoms with Crippen molar-refractivity contribution >= 4 is 23.6 Å². The van der Waals surface area contributed by atoms with Gasteiger partial charge >= 0.3 is 0 Å². The van der Waals surface area contributed by atoms with E-state index in [1.165, 1.54) is 6.42 Å². The van der Waals surface area contributed by atoms with Gasteiger partial charge in [-0.1, -0.05) is 17.7 Å². The fraction of sp³-hybridized carbons (Fsp3) is 0.353. The van der Waals surface area contributed by atoms with Crippen LogP contribution >= 0.6 is 11.6 Å². The van der Waals surface area contributed by atoms with Crippen molar-refractivity contribution in [1.29, 1.82) is 0 Å². The Labute approximate surface area is 129 Å². The largest absolute Gasteiger partial charge is 0.488 e. The van der Waals surface area contributed by atoms with Crippen LogP contribution in [0.3, 0.4) is 0 Å². The van der Waals surface area contributed by atoms with E-state index in [2.05, 4.69) is 0 Å². The zero-order valence-corrected chi connectivity index (χ0v) is 12.6. The van der Waals surface area contributed by atoms with Gasteiger partial charge in [0.15, 0.2) is 0 Å². The van der Waals surface area contributed by atoms with Crippen molar-refractivity contribution in [3.05, 3.63) is 46.5 Å². The molecule has 1 amide bonds. The fourth-order valence-electron chi connectivity index (χ4n) is 2.66. The predicted octanol–water partition coefficient (Wildman–Crippen LogP) is 3.68. The van der Waals surface area contributed by atoms with Crippen LogP contribution in [0.2, 0.25) is 5.02 Å². The van der Waals surface area contributed by atoms with E-state index >= 15 is 0 Å². The molecule has 0 spiro atoms. The Kier molecular flexibility index (Phi) is 4.30. The van der Waals surface area contributed by atoms with E-state index in [0.29, 0.717) is 11.6 Å². The summed E-state index contributed by atoms with van der Waals surface area (Å²) in [5.74, 6) is 0.923. The van der Waals surface area contributed by atoms with Gasteiger partial charge in [0.05, 0.1) is 0 Å². The molecule has 0 unspecified atom stereocenters. The van der Waals surface area contributed by atoms with Gasteiger partial charge in [0.1, 0.15) is 12.4 Å². The van der Waals surface area contributed by atoms with Crippen LogP contribution in [0, 0.1) is 0 Å². The monoisotopic (exact) mass is 303 g/mol. The first kappa shape index (κ1) is 14.2. The molecular weight excluding hydrogens is 286 g/mol. The highest BCUT2D eigenvalue weighted by Gasteiger charge is 2.14. The minimum absolute atomic E-state index is 0.0903. The van der Waals surface area contributed by atoms with Crippen LogP contribution in [0.4, 0.5) is 0 Å². The molecule has 21 heavy (non-hydrogen) atoms. The maximum absolute atomic E-state index is 12.1. The number of carbonyl (C=O) groups is 1. The Morgan fingerprint density at radius 3 is 2.86 bits per heavy atom. The highest BCUT2D eigenvalue weighted by Crippen LogP contribution is 2.29. The Morgan fingerprint density at radius 2 is 2.05 bits per heavy atom. The summed E-state index contributed by atoms with van der Waals surface area (Å²) in [7, 11) is 0. The quantitative estimate of drug-likeness (QED) is 0.780. The second kappa shape index (κ2) is 6.35. The topological polar surface area (TPSA) is 29.5 Å². The van der Waals surface area contributed by atoms with Crippen molar-refractivity contribution < 1.29 is 9.53 Å². The lowest BCUT2D eigenvalue weighted by atomic mass is 10.1. The van der Waals surface area contributed by atoms with Crippen molar-refractivity contribution in [3.8, 4) is 5.75 Å². The van der Waals surface area contributed by atoms with Crippen molar-refractivity contribution in [2.75, 3.05) is 19.7 Å². The molecule has 0 aliphatic carbocycles. The third-order valence-corrected chi connectivity index (χ3v) is 4.05. The summed E-state index contributed by atoms with van der Waals surface area (Å²) in [4.78, 5) is 14.0. The lowest BCUT2D eigenvalue weighted by molar-refractivity contribution is -0.126. The Balaban J connectivity index is 1.70. The van der Waals surface area contributed by atoms with Crippen LogP contribution in [0.5, 0.6) is 5.75 Å². The molecule has 1 fully saturated rings. The van der Waals surface area contributed by atoms with E-state index < -0.39 is 0 Å². The van der Waals surface area contributed by atoms with Gasteiger partial charge in [-0.2, -0.15) is 0 Å². The molecule has 110 valence electrons. The number of nitrogens with zero attached hydrogens (tertiary/aromatic N) is 1. The molecule has 1 saturated heterocycles. The van der Waals surface area contributed by atoms with Gasteiger partial charge in [-0.15, -0.1) is 0 Å². The molecule has 1 aromatic rings. The van der Waals surface area contributed by atoms with Crippen LogP contribution in [0.1, 0.15) is 24.8 Å². The van der Waals surface area contributed by atoms with E-state index in [1.54, 1.807) is 6.08 Å². The Bertz CT molecular complexity index is 601. The molecule has 3 nitrogen and oxygen atoms in total. The average Bonchev–Trinajstić information content (AvgIpc) is 2.53. The molecule has 2 aliphatic heterocycles. The first-order valence-corrected chi connectivity index (χ1v) is 7.70. The molecule has 0 atom stereocenters. The zero-order valence-electron chi connectivity index (χ0n) is 11.8. The molecule has 0 bridgehead atoms. The number of rotatable bonds is 2. The van der Waals surface area contributed by atoms with E-state index in [1.807, 2.05) is 35.3 Å². The number of piperidine rings is 1. The number of hydrogen-bond acceptors (Lipinski definition) is 2. The summed E-state index contributed by atoms with van der Waals surface area (Å²) in [6.45, 7) is 2.23. The first-order valence-electron chi connectivity index (χ1n) is 7.32. The lowest BCUT2D eigenvalue weighted by Crippen LogP contribution is -2.34. The third kappa shape index (κ3) is 3.48. The van der Waals surface area contributed by atoms with Crippen LogP contribution in [-0.2, 0) is 4.79 Å². The maximum atomic E-state index is 12.1. The van der Waals surface area contributed by atoms with E-state index in [0.717, 1.165) is 42.8 Å². The molecule has 2 aliphatic rings. The second-order valence-electron chi connectivity index (χ2n) is 5.41.